The van der Waals surface area contributed by atoms with Crippen LogP contribution in [0.4, 0.5) is 4.39 Å². The van der Waals surface area contributed by atoms with Crippen molar-refractivity contribution in [3.63, 3.8) is 0 Å². The van der Waals surface area contributed by atoms with Crippen molar-refractivity contribution in [2.45, 2.75) is 31.9 Å². The molecule has 0 bridgehead atoms. The van der Waals surface area contributed by atoms with Gasteiger partial charge in [-0.3, -0.25) is 9.59 Å². The first-order chi connectivity index (χ1) is 13.5. The number of hydrogen-bond donors (Lipinski definition) is 0. The molecule has 3 aromatic rings. The van der Waals surface area contributed by atoms with Crippen LogP contribution in [0.3, 0.4) is 0 Å². The maximum Gasteiger partial charge on any atom is 0.264 e. The minimum atomic E-state index is -0.305. The highest BCUT2D eigenvalue weighted by Gasteiger charge is 2.34. The standard InChI is InChI=1S/C21H19FN2O3S/c1-12-6-16(9-20(25)24(12)15-3-4-15)27-17-10-23(11-17)21(26)19-8-13-7-14(22)2-5-18(13)28-19/h2,5-9,15,17H,3-4,10-11H2,1H3. The molecule has 0 N–H and O–H groups in total. The summed E-state index contributed by atoms with van der Waals surface area (Å²) in [6.07, 6.45) is 2.00. The first kappa shape index (κ1) is 17.4. The average Bonchev–Trinajstić information content (AvgIpc) is 3.34. The number of halogens is 1. The first-order valence-corrected chi connectivity index (χ1v) is 10.2. The Morgan fingerprint density at radius 2 is 1.96 bits per heavy atom. The van der Waals surface area contributed by atoms with E-state index in [9.17, 15) is 14.0 Å². The van der Waals surface area contributed by atoms with E-state index in [2.05, 4.69) is 0 Å². The molecule has 0 unspecified atom stereocenters. The van der Waals surface area contributed by atoms with E-state index in [4.69, 9.17) is 4.74 Å². The average molecular weight is 398 g/mol. The summed E-state index contributed by atoms with van der Waals surface area (Å²) in [6, 6.07) is 10.0. The number of carbonyl (C=O) groups is 1. The summed E-state index contributed by atoms with van der Waals surface area (Å²) in [7, 11) is 0. The van der Waals surface area contributed by atoms with E-state index in [-0.39, 0.29) is 23.4 Å². The van der Waals surface area contributed by atoms with Crippen LogP contribution < -0.4 is 10.3 Å². The molecule has 0 radical (unpaired) electrons. The molecule has 1 aromatic carbocycles. The van der Waals surface area contributed by atoms with E-state index < -0.39 is 0 Å². The number of carbonyl (C=O) groups excluding carboxylic acids is 1. The Balaban J connectivity index is 1.24. The minimum absolute atomic E-state index is 0.0257. The fourth-order valence-corrected chi connectivity index (χ4v) is 4.71. The van der Waals surface area contributed by atoms with Gasteiger partial charge < -0.3 is 14.2 Å². The van der Waals surface area contributed by atoms with Crippen molar-refractivity contribution in [2.24, 2.45) is 0 Å². The first-order valence-electron chi connectivity index (χ1n) is 9.36. The predicted molar refractivity (Wildman–Crippen MR) is 106 cm³/mol. The highest BCUT2D eigenvalue weighted by Crippen LogP contribution is 2.35. The second kappa shape index (κ2) is 6.44. The molecule has 7 heteroatoms. The normalized spacial score (nSPS) is 17.0. The SMILES string of the molecule is Cc1cc(OC2CN(C(=O)c3cc4cc(F)ccc4s3)C2)cc(=O)n1C1CC1. The molecule has 1 aliphatic heterocycles. The van der Waals surface area contributed by atoms with Crippen LogP contribution in [0, 0.1) is 12.7 Å². The van der Waals surface area contributed by atoms with Gasteiger partial charge in [-0.05, 0) is 55.5 Å². The van der Waals surface area contributed by atoms with Crippen LogP contribution in [0.1, 0.15) is 34.2 Å². The van der Waals surface area contributed by atoms with Gasteiger partial charge in [0.15, 0.2) is 0 Å². The molecule has 1 saturated heterocycles. The molecule has 1 aliphatic carbocycles. The lowest BCUT2D eigenvalue weighted by atomic mass is 10.1. The number of fused-ring (bicyclic) bond motifs is 1. The third kappa shape index (κ3) is 3.09. The van der Waals surface area contributed by atoms with Gasteiger partial charge in [0.25, 0.3) is 11.5 Å². The lowest BCUT2D eigenvalue weighted by Gasteiger charge is -2.38. The molecular formula is C21H19FN2O3S. The van der Waals surface area contributed by atoms with Gasteiger partial charge in [0.05, 0.1) is 18.0 Å². The van der Waals surface area contributed by atoms with Gasteiger partial charge in [-0.25, -0.2) is 4.39 Å². The molecule has 1 amide bonds. The van der Waals surface area contributed by atoms with Crippen LogP contribution in [-0.2, 0) is 0 Å². The summed E-state index contributed by atoms with van der Waals surface area (Å²) in [5, 5.41) is 0.744. The van der Waals surface area contributed by atoms with Crippen LogP contribution in [0.25, 0.3) is 10.1 Å². The number of ether oxygens (including phenoxy) is 1. The lowest BCUT2D eigenvalue weighted by molar-refractivity contribution is 0.0180. The highest BCUT2D eigenvalue weighted by atomic mass is 32.1. The third-order valence-electron chi connectivity index (χ3n) is 5.27. The molecule has 2 aromatic heterocycles. The number of aromatic nitrogens is 1. The van der Waals surface area contributed by atoms with Gasteiger partial charge in [-0.2, -0.15) is 0 Å². The van der Waals surface area contributed by atoms with E-state index in [0.717, 1.165) is 28.6 Å². The Kier molecular flexibility index (Phi) is 4.01. The zero-order valence-corrected chi connectivity index (χ0v) is 16.2. The molecule has 5 rings (SSSR count). The van der Waals surface area contributed by atoms with Crippen molar-refractivity contribution in [2.75, 3.05) is 13.1 Å². The summed E-state index contributed by atoms with van der Waals surface area (Å²) < 4.78 is 22.0. The molecule has 144 valence electrons. The number of benzene rings is 1. The Labute approximate surface area is 165 Å². The maximum absolute atomic E-state index is 13.3. The molecule has 28 heavy (non-hydrogen) atoms. The number of nitrogens with zero attached hydrogens (tertiary/aromatic N) is 2. The number of thiophene rings is 1. The van der Waals surface area contributed by atoms with E-state index in [0.29, 0.717) is 29.8 Å². The van der Waals surface area contributed by atoms with E-state index in [1.807, 2.05) is 17.6 Å². The second-order valence-electron chi connectivity index (χ2n) is 7.51. The van der Waals surface area contributed by atoms with Crippen molar-refractivity contribution in [1.29, 1.82) is 0 Å². The van der Waals surface area contributed by atoms with Gasteiger partial charge in [-0.15, -0.1) is 11.3 Å². The predicted octanol–water partition coefficient (Wildman–Crippen LogP) is 3.75. The Hall–Kier alpha value is -2.67. The summed E-state index contributed by atoms with van der Waals surface area (Å²) in [4.78, 5) is 27.2. The number of aryl methyl sites for hydroxylation is 1. The lowest BCUT2D eigenvalue weighted by Crippen LogP contribution is -2.56. The second-order valence-corrected chi connectivity index (χ2v) is 8.60. The fourth-order valence-electron chi connectivity index (χ4n) is 3.70. The summed E-state index contributed by atoms with van der Waals surface area (Å²) in [6.45, 7) is 2.88. The van der Waals surface area contributed by atoms with Crippen molar-refractivity contribution in [1.82, 2.24) is 9.47 Å². The zero-order valence-electron chi connectivity index (χ0n) is 15.4. The quantitative estimate of drug-likeness (QED) is 0.673. The number of likely N-dealkylation sites (tertiary alicyclic amines) is 1. The van der Waals surface area contributed by atoms with E-state index >= 15 is 0 Å². The van der Waals surface area contributed by atoms with Gasteiger partial charge in [0.1, 0.15) is 17.7 Å². The summed E-state index contributed by atoms with van der Waals surface area (Å²) in [5.41, 5.74) is 0.886. The monoisotopic (exact) mass is 398 g/mol. The molecular weight excluding hydrogens is 379 g/mol. The van der Waals surface area contributed by atoms with Crippen molar-refractivity contribution in [3.05, 3.63) is 63.1 Å². The minimum Gasteiger partial charge on any atom is -0.486 e. The molecule has 0 atom stereocenters. The molecule has 3 heterocycles. The van der Waals surface area contributed by atoms with Crippen molar-refractivity contribution < 1.29 is 13.9 Å². The Morgan fingerprint density at radius 3 is 2.68 bits per heavy atom. The van der Waals surface area contributed by atoms with Gasteiger partial charge in [-0.1, -0.05) is 0 Å². The van der Waals surface area contributed by atoms with Gasteiger partial charge >= 0.3 is 0 Å². The largest absolute Gasteiger partial charge is 0.486 e. The van der Waals surface area contributed by atoms with Crippen LogP contribution in [0.15, 0.2) is 41.2 Å². The van der Waals surface area contributed by atoms with Crippen molar-refractivity contribution in [3.8, 4) is 5.75 Å². The number of hydrogen-bond acceptors (Lipinski definition) is 4. The highest BCUT2D eigenvalue weighted by molar-refractivity contribution is 7.20. The molecule has 2 aliphatic rings. The molecule has 1 saturated carbocycles. The third-order valence-corrected chi connectivity index (χ3v) is 6.38. The smallest absolute Gasteiger partial charge is 0.264 e. The summed E-state index contributed by atoms with van der Waals surface area (Å²) >= 11 is 1.37. The number of pyridine rings is 1. The topological polar surface area (TPSA) is 51.5 Å². The summed E-state index contributed by atoms with van der Waals surface area (Å²) in [5.74, 6) is 0.191. The fraction of sp³-hybridized carbons (Fsp3) is 0.333. The Morgan fingerprint density at radius 1 is 1.18 bits per heavy atom. The van der Waals surface area contributed by atoms with Gasteiger partial charge in [0, 0.05) is 22.5 Å². The van der Waals surface area contributed by atoms with Crippen LogP contribution >= 0.6 is 11.3 Å². The maximum atomic E-state index is 13.3. The zero-order chi connectivity index (χ0) is 19.4. The van der Waals surface area contributed by atoms with Crippen LogP contribution in [-0.4, -0.2) is 34.6 Å². The Bertz CT molecular complexity index is 1140. The van der Waals surface area contributed by atoms with Crippen LogP contribution in [0.2, 0.25) is 0 Å². The molecule has 2 fully saturated rings. The van der Waals surface area contributed by atoms with Crippen LogP contribution in [0.5, 0.6) is 5.75 Å². The number of rotatable bonds is 4. The van der Waals surface area contributed by atoms with Gasteiger partial charge in [0.2, 0.25) is 0 Å². The van der Waals surface area contributed by atoms with Crippen molar-refractivity contribution >= 4 is 27.3 Å². The van der Waals surface area contributed by atoms with E-state index in [1.54, 1.807) is 17.0 Å². The molecule has 5 nitrogen and oxygen atoms in total. The molecule has 0 spiro atoms. The van der Waals surface area contributed by atoms with E-state index in [1.165, 1.54) is 29.5 Å². The number of amides is 1.